The molecule has 4 heterocycles. The number of rotatable bonds is 3. The van der Waals surface area contributed by atoms with Gasteiger partial charge in [0.25, 0.3) is 5.91 Å². The summed E-state index contributed by atoms with van der Waals surface area (Å²) in [5, 5.41) is 4.60. The summed E-state index contributed by atoms with van der Waals surface area (Å²) < 4.78 is 7.56. The Morgan fingerprint density at radius 3 is 2.59 bits per heavy atom. The molecule has 1 spiro atoms. The maximum Gasteiger partial charge on any atom is 0.312 e. The largest absolute Gasteiger partial charge is 0.461 e. The number of carbonyl (C=O) groups excluding carboxylic acids is 2. The molecule has 1 aromatic rings. The van der Waals surface area contributed by atoms with E-state index in [4.69, 9.17) is 4.74 Å². The van der Waals surface area contributed by atoms with Gasteiger partial charge in [0.2, 0.25) is 0 Å². The third kappa shape index (κ3) is 3.37. The zero-order chi connectivity index (χ0) is 20.0. The van der Waals surface area contributed by atoms with Crippen molar-refractivity contribution < 1.29 is 14.3 Å². The van der Waals surface area contributed by atoms with Crippen molar-refractivity contribution in [3.05, 3.63) is 17.0 Å². The molecule has 3 fully saturated rings. The lowest BCUT2D eigenvalue weighted by molar-refractivity contribution is -0.151. The Morgan fingerprint density at radius 2 is 1.83 bits per heavy atom. The van der Waals surface area contributed by atoms with Gasteiger partial charge in [-0.25, -0.2) is 0 Å². The van der Waals surface area contributed by atoms with Crippen LogP contribution in [0.3, 0.4) is 0 Å². The molecule has 7 nitrogen and oxygen atoms in total. The first kappa shape index (κ1) is 19.1. The van der Waals surface area contributed by atoms with Crippen LogP contribution in [-0.4, -0.2) is 70.3 Å². The minimum atomic E-state index is -0.382. The van der Waals surface area contributed by atoms with Gasteiger partial charge < -0.3 is 9.64 Å². The van der Waals surface area contributed by atoms with Crippen LogP contribution in [0.5, 0.6) is 0 Å². The standard InChI is InChI=1S/C22H32N4O3/c1-24-19(17-6-2-3-7-18(17)23-24)20(27)26-12-8-22(9-13-26)14-16(29-21(22)28)15-25-10-4-5-11-25/h16H,2-15H2,1H3. The van der Waals surface area contributed by atoms with Crippen LogP contribution in [-0.2, 0) is 29.4 Å². The monoisotopic (exact) mass is 400 g/mol. The molecule has 1 atom stereocenters. The predicted octanol–water partition coefficient (Wildman–Crippen LogP) is 1.93. The van der Waals surface area contributed by atoms with Gasteiger partial charge in [-0.2, -0.15) is 5.10 Å². The van der Waals surface area contributed by atoms with Crippen molar-refractivity contribution in [3.8, 4) is 0 Å². The fourth-order valence-electron chi connectivity index (χ4n) is 5.84. The third-order valence-corrected chi connectivity index (χ3v) is 7.51. The number of hydrogen-bond donors (Lipinski definition) is 0. The van der Waals surface area contributed by atoms with Gasteiger partial charge in [-0.05, 0) is 64.5 Å². The number of aromatic nitrogens is 2. The first-order valence-electron chi connectivity index (χ1n) is 11.3. The zero-order valence-electron chi connectivity index (χ0n) is 17.5. The maximum absolute atomic E-state index is 13.3. The maximum atomic E-state index is 13.3. The van der Waals surface area contributed by atoms with Crippen LogP contribution in [0.1, 0.15) is 66.7 Å². The van der Waals surface area contributed by atoms with Crippen LogP contribution in [0.2, 0.25) is 0 Å². The molecule has 29 heavy (non-hydrogen) atoms. The highest BCUT2D eigenvalue weighted by molar-refractivity contribution is 5.94. The average molecular weight is 401 g/mol. The van der Waals surface area contributed by atoms with Crippen LogP contribution >= 0.6 is 0 Å². The number of carbonyl (C=O) groups is 2. The Balaban J connectivity index is 1.24. The fourth-order valence-corrected chi connectivity index (χ4v) is 5.84. The molecule has 1 aromatic heterocycles. The topological polar surface area (TPSA) is 67.7 Å². The number of ether oxygens (including phenoxy) is 1. The molecule has 0 saturated carbocycles. The molecule has 5 rings (SSSR count). The number of hydrogen-bond acceptors (Lipinski definition) is 5. The van der Waals surface area contributed by atoms with E-state index in [0.717, 1.165) is 68.7 Å². The van der Waals surface area contributed by atoms with E-state index in [1.165, 1.54) is 12.8 Å². The predicted molar refractivity (Wildman–Crippen MR) is 108 cm³/mol. The Labute approximate surface area is 172 Å². The number of piperidine rings is 1. The van der Waals surface area contributed by atoms with E-state index in [1.807, 2.05) is 11.9 Å². The SMILES string of the molecule is Cn1nc2c(c1C(=O)N1CCC3(CC1)CC(CN1CCCC1)OC3=O)CCCC2. The molecule has 0 aromatic carbocycles. The minimum Gasteiger partial charge on any atom is -0.461 e. The van der Waals surface area contributed by atoms with Crippen LogP contribution in [0.25, 0.3) is 0 Å². The summed E-state index contributed by atoms with van der Waals surface area (Å²) in [5.74, 6) is 0.0460. The van der Waals surface area contributed by atoms with Crippen molar-refractivity contribution in [3.63, 3.8) is 0 Å². The molecule has 0 N–H and O–H groups in total. The molecule has 1 aliphatic carbocycles. The second kappa shape index (κ2) is 7.42. The van der Waals surface area contributed by atoms with E-state index < -0.39 is 0 Å². The van der Waals surface area contributed by atoms with Crippen LogP contribution in [0, 0.1) is 5.41 Å². The molecule has 3 aliphatic heterocycles. The van der Waals surface area contributed by atoms with Gasteiger partial charge in [0, 0.05) is 38.7 Å². The van der Waals surface area contributed by atoms with E-state index in [-0.39, 0.29) is 23.4 Å². The smallest absolute Gasteiger partial charge is 0.312 e. The van der Waals surface area contributed by atoms with Crippen molar-refractivity contribution in [2.45, 2.75) is 63.9 Å². The lowest BCUT2D eigenvalue weighted by Crippen LogP contribution is -2.45. The Bertz CT molecular complexity index is 803. The summed E-state index contributed by atoms with van der Waals surface area (Å²) in [6.07, 6.45) is 8.98. The molecule has 1 unspecified atom stereocenters. The molecule has 1 amide bonds. The molecule has 0 radical (unpaired) electrons. The molecule has 7 heteroatoms. The first-order chi connectivity index (χ1) is 14.1. The Morgan fingerprint density at radius 1 is 1.10 bits per heavy atom. The molecule has 0 bridgehead atoms. The fraction of sp³-hybridized carbons (Fsp3) is 0.773. The summed E-state index contributed by atoms with van der Waals surface area (Å²) in [5.41, 5.74) is 2.62. The second-order valence-electron chi connectivity index (χ2n) is 9.42. The van der Waals surface area contributed by atoms with Crippen molar-refractivity contribution in [1.29, 1.82) is 0 Å². The number of amides is 1. The highest BCUT2D eigenvalue weighted by Crippen LogP contribution is 2.43. The zero-order valence-corrected chi connectivity index (χ0v) is 17.5. The van der Waals surface area contributed by atoms with Crippen molar-refractivity contribution in [2.24, 2.45) is 12.5 Å². The number of cyclic esters (lactones) is 1. The molecular formula is C22H32N4O3. The number of aryl methyl sites for hydroxylation is 2. The van der Waals surface area contributed by atoms with E-state index in [1.54, 1.807) is 4.68 Å². The van der Waals surface area contributed by atoms with E-state index in [0.29, 0.717) is 25.9 Å². The van der Waals surface area contributed by atoms with Crippen LogP contribution in [0.4, 0.5) is 0 Å². The summed E-state index contributed by atoms with van der Waals surface area (Å²) >= 11 is 0. The van der Waals surface area contributed by atoms with Gasteiger partial charge in [0.1, 0.15) is 11.8 Å². The molecular weight excluding hydrogens is 368 g/mol. The number of nitrogens with zero attached hydrogens (tertiary/aromatic N) is 4. The van der Waals surface area contributed by atoms with Crippen LogP contribution in [0.15, 0.2) is 0 Å². The minimum absolute atomic E-state index is 0.0203. The van der Waals surface area contributed by atoms with Gasteiger partial charge in [-0.1, -0.05) is 0 Å². The highest BCUT2D eigenvalue weighted by atomic mass is 16.6. The first-order valence-corrected chi connectivity index (χ1v) is 11.3. The van der Waals surface area contributed by atoms with Gasteiger partial charge in [0.15, 0.2) is 0 Å². The van der Waals surface area contributed by atoms with Gasteiger partial charge >= 0.3 is 5.97 Å². The normalized spacial score (nSPS) is 26.7. The van der Waals surface area contributed by atoms with Crippen molar-refractivity contribution in [2.75, 3.05) is 32.7 Å². The summed E-state index contributed by atoms with van der Waals surface area (Å²) in [6.45, 7) is 4.38. The summed E-state index contributed by atoms with van der Waals surface area (Å²) in [4.78, 5) is 30.3. The van der Waals surface area contributed by atoms with E-state index >= 15 is 0 Å². The van der Waals surface area contributed by atoms with E-state index in [2.05, 4.69) is 10.00 Å². The van der Waals surface area contributed by atoms with Gasteiger partial charge in [-0.15, -0.1) is 0 Å². The quantitative estimate of drug-likeness (QED) is 0.726. The number of fused-ring (bicyclic) bond motifs is 1. The van der Waals surface area contributed by atoms with Gasteiger partial charge in [0.05, 0.1) is 11.1 Å². The summed E-state index contributed by atoms with van der Waals surface area (Å²) in [7, 11) is 1.88. The van der Waals surface area contributed by atoms with Crippen LogP contribution < -0.4 is 0 Å². The lowest BCUT2D eigenvalue weighted by atomic mass is 9.76. The van der Waals surface area contributed by atoms with Crippen molar-refractivity contribution in [1.82, 2.24) is 19.6 Å². The Kier molecular flexibility index (Phi) is 4.88. The molecule has 3 saturated heterocycles. The second-order valence-corrected chi connectivity index (χ2v) is 9.42. The summed E-state index contributed by atoms with van der Waals surface area (Å²) in [6, 6.07) is 0. The Hall–Kier alpha value is -1.89. The lowest BCUT2D eigenvalue weighted by Gasteiger charge is -2.36. The third-order valence-electron chi connectivity index (χ3n) is 7.51. The molecule has 4 aliphatic rings. The molecule has 158 valence electrons. The average Bonchev–Trinajstić information content (AvgIpc) is 3.41. The van der Waals surface area contributed by atoms with E-state index in [9.17, 15) is 9.59 Å². The van der Waals surface area contributed by atoms with Crippen molar-refractivity contribution >= 4 is 11.9 Å². The highest BCUT2D eigenvalue weighted by Gasteiger charge is 2.51. The van der Waals surface area contributed by atoms with Gasteiger partial charge in [-0.3, -0.25) is 19.2 Å². The number of esters is 1. The number of likely N-dealkylation sites (tertiary alicyclic amines) is 2.